The molecule has 0 saturated heterocycles. The van der Waals surface area contributed by atoms with Crippen molar-refractivity contribution in [2.75, 3.05) is 6.61 Å². The molecule has 1 fully saturated rings. The van der Waals surface area contributed by atoms with Crippen molar-refractivity contribution in [1.29, 1.82) is 0 Å². The minimum Gasteiger partial charge on any atom is -0.493 e. The summed E-state index contributed by atoms with van der Waals surface area (Å²) in [5.74, 6) is 0.638. The average Bonchev–Trinajstić information content (AvgIpc) is 3.05. The molecule has 1 saturated carbocycles. The molecular formula is C15H20N2O2. The van der Waals surface area contributed by atoms with Crippen molar-refractivity contribution in [3.63, 3.8) is 0 Å². The van der Waals surface area contributed by atoms with Crippen LogP contribution in [-0.4, -0.2) is 18.6 Å². The van der Waals surface area contributed by atoms with Gasteiger partial charge in [0.15, 0.2) is 0 Å². The molecule has 1 heterocycles. The Morgan fingerprint density at radius 3 is 2.89 bits per heavy atom. The zero-order chi connectivity index (χ0) is 13.2. The summed E-state index contributed by atoms with van der Waals surface area (Å²) in [7, 11) is 0. The predicted octanol–water partition coefficient (Wildman–Crippen LogP) is 1.68. The van der Waals surface area contributed by atoms with E-state index < -0.39 is 0 Å². The number of nitrogens with one attached hydrogen (secondary N) is 1. The third kappa shape index (κ3) is 2.59. The molecule has 1 aliphatic carbocycles. The minimum atomic E-state index is -0.381. The SMILES string of the molecule is NC(=O)C(NC1CCCC1)c1ccc2c(c1)CCO2. The van der Waals surface area contributed by atoms with Crippen molar-refractivity contribution in [3.05, 3.63) is 29.3 Å². The first-order valence-corrected chi connectivity index (χ1v) is 7.05. The number of amides is 1. The van der Waals surface area contributed by atoms with Crippen LogP contribution < -0.4 is 15.8 Å². The van der Waals surface area contributed by atoms with Crippen LogP contribution in [0.2, 0.25) is 0 Å². The van der Waals surface area contributed by atoms with Gasteiger partial charge in [-0.1, -0.05) is 18.9 Å². The van der Waals surface area contributed by atoms with Gasteiger partial charge >= 0.3 is 0 Å². The normalized spacial score (nSPS) is 20.0. The molecule has 1 atom stereocenters. The summed E-state index contributed by atoms with van der Waals surface area (Å²) < 4.78 is 5.49. The van der Waals surface area contributed by atoms with E-state index in [1.54, 1.807) is 0 Å². The molecule has 1 aliphatic heterocycles. The van der Waals surface area contributed by atoms with E-state index in [4.69, 9.17) is 10.5 Å². The highest BCUT2D eigenvalue weighted by molar-refractivity contribution is 5.81. The molecule has 4 nitrogen and oxygen atoms in total. The number of primary amides is 1. The topological polar surface area (TPSA) is 64.4 Å². The first kappa shape index (κ1) is 12.5. The molecule has 3 rings (SSSR count). The lowest BCUT2D eigenvalue weighted by Gasteiger charge is -2.21. The van der Waals surface area contributed by atoms with Crippen molar-refractivity contribution in [3.8, 4) is 5.75 Å². The zero-order valence-electron chi connectivity index (χ0n) is 11.0. The second kappa shape index (κ2) is 5.21. The molecule has 1 amide bonds. The van der Waals surface area contributed by atoms with E-state index in [0.717, 1.165) is 37.2 Å². The maximum absolute atomic E-state index is 11.7. The number of rotatable bonds is 4. The maximum Gasteiger partial charge on any atom is 0.239 e. The van der Waals surface area contributed by atoms with Gasteiger partial charge < -0.3 is 10.5 Å². The number of benzene rings is 1. The lowest BCUT2D eigenvalue weighted by Crippen LogP contribution is -2.38. The molecule has 3 N–H and O–H groups in total. The highest BCUT2D eigenvalue weighted by Gasteiger charge is 2.25. The van der Waals surface area contributed by atoms with E-state index in [1.165, 1.54) is 18.4 Å². The standard InChI is InChI=1S/C15H20N2O2/c16-15(18)14(17-12-3-1-2-4-12)11-5-6-13-10(9-11)7-8-19-13/h5-6,9,12,14,17H,1-4,7-8H2,(H2,16,18). The molecule has 0 radical (unpaired) electrons. The number of carbonyl (C=O) groups excluding carboxylic acids is 1. The van der Waals surface area contributed by atoms with Gasteiger partial charge in [-0.05, 0) is 36.1 Å². The Bertz CT molecular complexity index is 481. The summed E-state index contributed by atoms with van der Waals surface area (Å²) in [4.78, 5) is 11.7. The molecule has 0 bridgehead atoms. The number of nitrogens with two attached hydrogens (primary N) is 1. The van der Waals surface area contributed by atoms with Gasteiger partial charge in [0, 0.05) is 12.5 Å². The van der Waals surface area contributed by atoms with Crippen molar-refractivity contribution in [1.82, 2.24) is 5.32 Å². The largest absolute Gasteiger partial charge is 0.493 e. The molecular weight excluding hydrogens is 240 g/mol. The Morgan fingerprint density at radius 1 is 1.37 bits per heavy atom. The first-order valence-electron chi connectivity index (χ1n) is 7.05. The van der Waals surface area contributed by atoms with E-state index >= 15 is 0 Å². The van der Waals surface area contributed by atoms with Gasteiger partial charge in [-0.15, -0.1) is 0 Å². The van der Waals surface area contributed by atoms with E-state index in [0.29, 0.717) is 6.04 Å². The number of hydrogen-bond donors (Lipinski definition) is 2. The van der Waals surface area contributed by atoms with Gasteiger partial charge in [-0.3, -0.25) is 10.1 Å². The predicted molar refractivity (Wildman–Crippen MR) is 73.0 cm³/mol. The van der Waals surface area contributed by atoms with Gasteiger partial charge in [0.2, 0.25) is 5.91 Å². The molecule has 19 heavy (non-hydrogen) atoms. The van der Waals surface area contributed by atoms with Crippen LogP contribution in [0.25, 0.3) is 0 Å². The highest BCUT2D eigenvalue weighted by atomic mass is 16.5. The van der Waals surface area contributed by atoms with Crippen LogP contribution in [0.1, 0.15) is 42.9 Å². The second-order valence-electron chi connectivity index (χ2n) is 5.45. The number of fused-ring (bicyclic) bond motifs is 1. The van der Waals surface area contributed by atoms with Crippen LogP contribution in [0, 0.1) is 0 Å². The number of ether oxygens (including phenoxy) is 1. The fraction of sp³-hybridized carbons (Fsp3) is 0.533. The lowest BCUT2D eigenvalue weighted by molar-refractivity contribution is -0.120. The van der Waals surface area contributed by atoms with Crippen LogP contribution in [0.4, 0.5) is 0 Å². The van der Waals surface area contributed by atoms with Crippen LogP contribution >= 0.6 is 0 Å². The minimum absolute atomic E-state index is 0.300. The van der Waals surface area contributed by atoms with Crippen molar-refractivity contribution < 1.29 is 9.53 Å². The quantitative estimate of drug-likeness (QED) is 0.865. The summed E-state index contributed by atoms with van der Waals surface area (Å²) in [5.41, 5.74) is 7.70. The number of hydrogen-bond acceptors (Lipinski definition) is 3. The van der Waals surface area contributed by atoms with E-state index in [1.807, 2.05) is 12.1 Å². The Morgan fingerprint density at radius 2 is 2.16 bits per heavy atom. The summed E-state index contributed by atoms with van der Waals surface area (Å²) in [6.45, 7) is 0.732. The van der Waals surface area contributed by atoms with Gasteiger partial charge in [-0.25, -0.2) is 0 Å². The molecule has 1 aromatic rings. The summed E-state index contributed by atoms with van der Waals surface area (Å²) in [6.07, 6.45) is 5.66. The second-order valence-corrected chi connectivity index (χ2v) is 5.45. The van der Waals surface area contributed by atoms with Gasteiger partial charge in [0.05, 0.1) is 6.61 Å². The fourth-order valence-corrected chi connectivity index (χ4v) is 3.06. The van der Waals surface area contributed by atoms with E-state index in [-0.39, 0.29) is 11.9 Å². The number of carbonyl (C=O) groups is 1. The summed E-state index contributed by atoms with van der Waals surface area (Å²) in [5, 5.41) is 3.41. The van der Waals surface area contributed by atoms with Crippen LogP contribution in [-0.2, 0) is 11.2 Å². The molecule has 4 heteroatoms. The highest BCUT2D eigenvalue weighted by Crippen LogP contribution is 2.29. The summed E-state index contributed by atoms with van der Waals surface area (Å²) in [6, 6.07) is 5.99. The molecule has 0 aromatic heterocycles. The smallest absolute Gasteiger partial charge is 0.239 e. The molecule has 2 aliphatic rings. The van der Waals surface area contributed by atoms with Gasteiger partial charge in [0.1, 0.15) is 11.8 Å². The molecule has 1 aromatic carbocycles. The van der Waals surface area contributed by atoms with E-state index in [2.05, 4.69) is 11.4 Å². The monoisotopic (exact) mass is 260 g/mol. The summed E-state index contributed by atoms with van der Waals surface area (Å²) >= 11 is 0. The third-order valence-electron chi connectivity index (χ3n) is 4.09. The van der Waals surface area contributed by atoms with Crippen LogP contribution in [0.3, 0.4) is 0 Å². The van der Waals surface area contributed by atoms with Gasteiger partial charge in [0.25, 0.3) is 0 Å². The Hall–Kier alpha value is -1.55. The molecule has 102 valence electrons. The Labute approximate surface area is 113 Å². The Balaban J connectivity index is 1.81. The first-order chi connectivity index (χ1) is 9.24. The zero-order valence-corrected chi connectivity index (χ0v) is 11.0. The third-order valence-corrected chi connectivity index (χ3v) is 4.09. The van der Waals surface area contributed by atoms with Crippen LogP contribution in [0.5, 0.6) is 5.75 Å². The van der Waals surface area contributed by atoms with Crippen molar-refractivity contribution in [2.45, 2.75) is 44.2 Å². The average molecular weight is 260 g/mol. The lowest BCUT2D eigenvalue weighted by atomic mass is 10.0. The Kier molecular flexibility index (Phi) is 3.42. The molecule has 1 unspecified atom stereocenters. The van der Waals surface area contributed by atoms with Gasteiger partial charge in [-0.2, -0.15) is 0 Å². The van der Waals surface area contributed by atoms with Crippen molar-refractivity contribution in [2.24, 2.45) is 5.73 Å². The fourth-order valence-electron chi connectivity index (χ4n) is 3.06. The molecule has 0 spiro atoms. The van der Waals surface area contributed by atoms with Crippen molar-refractivity contribution >= 4 is 5.91 Å². The maximum atomic E-state index is 11.7. The van der Waals surface area contributed by atoms with Crippen LogP contribution in [0.15, 0.2) is 18.2 Å². The van der Waals surface area contributed by atoms with E-state index in [9.17, 15) is 4.79 Å².